The Kier molecular flexibility index (Phi) is 3.64. The molecule has 0 saturated heterocycles. The second-order valence-corrected chi connectivity index (χ2v) is 6.73. The van der Waals surface area contributed by atoms with Crippen LogP contribution in [0.1, 0.15) is 36.5 Å². The van der Waals surface area contributed by atoms with Gasteiger partial charge in [-0.15, -0.1) is 11.3 Å². The molecule has 0 aliphatic rings. The number of nitrogens with one attached hydrogen (secondary N) is 1. The Morgan fingerprint density at radius 1 is 1.53 bits per heavy atom. The number of carbonyl (C=O) groups is 1. The molecule has 0 atom stereocenters. The Morgan fingerprint density at radius 3 is 2.84 bits per heavy atom. The van der Waals surface area contributed by atoms with E-state index in [1.807, 2.05) is 20.8 Å². The second kappa shape index (κ2) is 4.94. The highest BCUT2D eigenvalue weighted by Gasteiger charge is 2.21. The van der Waals surface area contributed by atoms with Crippen molar-refractivity contribution >= 4 is 22.2 Å². The summed E-state index contributed by atoms with van der Waals surface area (Å²) in [6.07, 6.45) is 2.41. The number of rotatable bonds is 5. The van der Waals surface area contributed by atoms with Gasteiger partial charge in [-0.3, -0.25) is 9.20 Å². The first-order valence-electron chi connectivity index (χ1n) is 6.26. The van der Waals surface area contributed by atoms with Gasteiger partial charge in [0.1, 0.15) is 0 Å². The van der Waals surface area contributed by atoms with E-state index < -0.39 is 0 Å². The molecule has 0 aromatic carbocycles. The third-order valence-electron chi connectivity index (χ3n) is 3.09. The van der Waals surface area contributed by atoms with E-state index in [-0.39, 0.29) is 11.4 Å². The minimum atomic E-state index is -0.312. The van der Waals surface area contributed by atoms with E-state index in [1.165, 1.54) is 4.88 Å². The summed E-state index contributed by atoms with van der Waals surface area (Å²) in [5.41, 5.74) is 7.10. The number of nitrogens with zero attached hydrogens (tertiary/aromatic N) is 2. The van der Waals surface area contributed by atoms with Gasteiger partial charge in [-0.1, -0.05) is 0 Å². The molecule has 0 aliphatic heterocycles. The lowest BCUT2D eigenvalue weighted by molar-refractivity contribution is -0.119. The van der Waals surface area contributed by atoms with Gasteiger partial charge in [-0.2, -0.15) is 0 Å². The molecule has 0 fully saturated rings. The number of fused-ring (bicyclic) bond motifs is 1. The molecule has 0 spiro atoms. The molecule has 2 rings (SSSR count). The van der Waals surface area contributed by atoms with Crippen molar-refractivity contribution in [3.63, 3.8) is 0 Å². The van der Waals surface area contributed by atoms with Crippen LogP contribution in [0.15, 0.2) is 6.20 Å². The van der Waals surface area contributed by atoms with Crippen LogP contribution in [0.4, 0.5) is 0 Å². The molecule has 0 aliphatic carbocycles. The van der Waals surface area contributed by atoms with Gasteiger partial charge in [0.2, 0.25) is 5.91 Å². The Labute approximate surface area is 116 Å². The first kappa shape index (κ1) is 14.0. The zero-order chi connectivity index (χ0) is 14.2. The molecule has 1 amide bonds. The maximum absolute atomic E-state index is 11.0. The van der Waals surface area contributed by atoms with Crippen LogP contribution in [0.25, 0.3) is 4.96 Å². The molecule has 3 N–H and O–H groups in total. The summed E-state index contributed by atoms with van der Waals surface area (Å²) in [5.74, 6) is -0.293. The first-order valence-corrected chi connectivity index (χ1v) is 7.07. The number of hydrogen-bond donors (Lipinski definition) is 2. The lowest BCUT2D eigenvalue weighted by Crippen LogP contribution is -2.42. The van der Waals surface area contributed by atoms with E-state index >= 15 is 0 Å². The number of carbonyl (C=O) groups excluding carboxylic acids is 1. The standard InChI is InChI=1S/C13H20N4OS/c1-8-7-17-10(9(2)16-12(17)19-8)6-15-13(3,4)5-11(14)18/h7,15H,5-6H2,1-4H3,(H2,14,18). The molecule has 0 radical (unpaired) electrons. The average molecular weight is 280 g/mol. The van der Waals surface area contributed by atoms with E-state index in [0.29, 0.717) is 13.0 Å². The van der Waals surface area contributed by atoms with Crippen LogP contribution in [0.2, 0.25) is 0 Å². The largest absolute Gasteiger partial charge is 0.370 e. The predicted octanol–water partition coefficient (Wildman–Crippen LogP) is 1.76. The maximum atomic E-state index is 11.0. The smallest absolute Gasteiger partial charge is 0.219 e. The number of thiazole rings is 1. The van der Waals surface area contributed by atoms with Crippen molar-refractivity contribution in [1.82, 2.24) is 14.7 Å². The lowest BCUT2D eigenvalue weighted by atomic mass is 10.0. The normalized spacial score (nSPS) is 12.2. The molecular weight excluding hydrogens is 260 g/mol. The molecule has 0 bridgehead atoms. The van der Waals surface area contributed by atoms with Crippen molar-refractivity contribution in [2.75, 3.05) is 0 Å². The number of primary amides is 1. The molecule has 6 heteroatoms. The number of aryl methyl sites for hydroxylation is 2. The number of hydrogen-bond acceptors (Lipinski definition) is 4. The van der Waals surface area contributed by atoms with Crippen LogP contribution in [-0.4, -0.2) is 20.8 Å². The van der Waals surface area contributed by atoms with Crippen molar-refractivity contribution in [3.8, 4) is 0 Å². The van der Waals surface area contributed by atoms with Crippen molar-refractivity contribution in [2.45, 2.75) is 46.2 Å². The number of imidazole rings is 1. The van der Waals surface area contributed by atoms with Crippen molar-refractivity contribution < 1.29 is 4.79 Å². The van der Waals surface area contributed by atoms with Crippen LogP contribution >= 0.6 is 11.3 Å². The number of aromatic nitrogens is 2. The van der Waals surface area contributed by atoms with E-state index in [9.17, 15) is 4.79 Å². The van der Waals surface area contributed by atoms with Gasteiger partial charge in [-0.25, -0.2) is 4.98 Å². The van der Waals surface area contributed by atoms with Crippen molar-refractivity contribution in [2.24, 2.45) is 5.73 Å². The summed E-state index contributed by atoms with van der Waals surface area (Å²) in [6.45, 7) is 8.70. The highest BCUT2D eigenvalue weighted by molar-refractivity contribution is 7.17. The fourth-order valence-corrected chi connectivity index (χ4v) is 3.03. The Bertz CT molecular complexity index is 611. The van der Waals surface area contributed by atoms with E-state index in [4.69, 9.17) is 5.73 Å². The molecule has 104 valence electrons. The Balaban J connectivity index is 2.17. The highest BCUT2D eigenvalue weighted by atomic mass is 32.1. The molecule has 0 unspecified atom stereocenters. The van der Waals surface area contributed by atoms with Crippen LogP contribution in [0.3, 0.4) is 0 Å². The third kappa shape index (κ3) is 3.13. The summed E-state index contributed by atoms with van der Waals surface area (Å²) in [6, 6.07) is 0. The minimum absolute atomic E-state index is 0.293. The van der Waals surface area contributed by atoms with Gasteiger partial charge >= 0.3 is 0 Å². The van der Waals surface area contributed by atoms with E-state index in [2.05, 4.69) is 27.8 Å². The van der Waals surface area contributed by atoms with E-state index in [1.54, 1.807) is 11.3 Å². The minimum Gasteiger partial charge on any atom is -0.370 e. The molecule has 2 aromatic rings. The van der Waals surface area contributed by atoms with Gasteiger partial charge in [0, 0.05) is 29.6 Å². The van der Waals surface area contributed by atoms with Gasteiger partial charge in [-0.05, 0) is 27.7 Å². The molecule has 19 heavy (non-hydrogen) atoms. The monoisotopic (exact) mass is 280 g/mol. The van der Waals surface area contributed by atoms with E-state index in [0.717, 1.165) is 16.3 Å². The van der Waals surface area contributed by atoms with Crippen molar-refractivity contribution in [1.29, 1.82) is 0 Å². The summed E-state index contributed by atoms with van der Waals surface area (Å²) < 4.78 is 2.11. The van der Waals surface area contributed by atoms with Gasteiger partial charge in [0.05, 0.1) is 11.4 Å². The van der Waals surface area contributed by atoms with Gasteiger partial charge in [0.25, 0.3) is 0 Å². The Morgan fingerprint density at radius 2 is 2.21 bits per heavy atom. The SMILES string of the molecule is Cc1cn2c(CNC(C)(C)CC(N)=O)c(C)nc2s1. The van der Waals surface area contributed by atoms with Crippen LogP contribution in [0, 0.1) is 13.8 Å². The number of nitrogens with two attached hydrogens (primary N) is 1. The first-order chi connectivity index (χ1) is 8.78. The summed E-state index contributed by atoms with van der Waals surface area (Å²) in [5, 5.41) is 3.38. The molecule has 0 saturated carbocycles. The second-order valence-electron chi connectivity index (χ2n) is 5.52. The Hall–Kier alpha value is -1.40. The third-order valence-corrected chi connectivity index (χ3v) is 3.99. The predicted molar refractivity (Wildman–Crippen MR) is 77.3 cm³/mol. The van der Waals surface area contributed by atoms with Crippen molar-refractivity contribution in [3.05, 3.63) is 22.5 Å². The number of amides is 1. The summed E-state index contributed by atoms with van der Waals surface area (Å²) in [7, 11) is 0. The average Bonchev–Trinajstić information content (AvgIpc) is 2.69. The van der Waals surface area contributed by atoms with Crippen LogP contribution < -0.4 is 11.1 Å². The zero-order valence-electron chi connectivity index (χ0n) is 11.8. The molecule has 5 nitrogen and oxygen atoms in total. The highest BCUT2D eigenvalue weighted by Crippen LogP contribution is 2.21. The quantitative estimate of drug-likeness (QED) is 0.876. The fourth-order valence-electron chi connectivity index (χ4n) is 2.14. The summed E-state index contributed by atoms with van der Waals surface area (Å²) >= 11 is 1.68. The topological polar surface area (TPSA) is 72.4 Å². The lowest BCUT2D eigenvalue weighted by Gasteiger charge is -2.24. The molecule has 2 aromatic heterocycles. The van der Waals surface area contributed by atoms with Crippen LogP contribution in [-0.2, 0) is 11.3 Å². The van der Waals surface area contributed by atoms with Crippen LogP contribution in [0.5, 0.6) is 0 Å². The van der Waals surface area contributed by atoms with Gasteiger partial charge in [0.15, 0.2) is 4.96 Å². The van der Waals surface area contributed by atoms with Gasteiger partial charge < -0.3 is 11.1 Å². The molecular formula is C13H20N4OS. The zero-order valence-corrected chi connectivity index (χ0v) is 12.6. The maximum Gasteiger partial charge on any atom is 0.219 e. The molecule has 2 heterocycles. The summed E-state index contributed by atoms with van der Waals surface area (Å²) in [4.78, 5) is 17.8. The fraction of sp³-hybridized carbons (Fsp3) is 0.538.